The Bertz CT molecular complexity index is 235. The number of phenols is 1. The fourth-order valence-electron chi connectivity index (χ4n) is 0.555. The summed E-state index contributed by atoms with van der Waals surface area (Å²) in [4.78, 5) is 0. The van der Waals surface area contributed by atoms with Crippen molar-refractivity contribution < 1.29 is 5.11 Å². The van der Waals surface area contributed by atoms with Crippen molar-refractivity contribution in [1.82, 2.24) is 0 Å². The summed E-state index contributed by atoms with van der Waals surface area (Å²) in [6.07, 6.45) is 0. The van der Waals surface area contributed by atoms with Crippen LogP contribution in [0.5, 0.6) is 5.75 Å². The molecule has 1 aromatic carbocycles. The molecule has 1 rings (SSSR count). The van der Waals surface area contributed by atoms with Gasteiger partial charge < -0.3 is 5.11 Å². The van der Waals surface area contributed by atoms with Gasteiger partial charge in [0.05, 0.1) is 5.02 Å². The number of hydrogen-bond donors (Lipinski definition) is 1. The lowest BCUT2D eigenvalue weighted by molar-refractivity contribution is 0.480. The van der Waals surface area contributed by atoms with Crippen LogP contribution in [-0.2, 0) is 0 Å². The van der Waals surface area contributed by atoms with Gasteiger partial charge in [0.2, 0.25) is 0 Å². The predicted octanol–water partition coefficient (Wildman–Crippen LogP) is 2.20. The number of halogens is 2. The molecule has 0 bridgehead atoms. The lowest BCUT2D eigenvalue weighted by Crippen LogP contribution is -1.90. The summed E-state index contributed by atoms with van der Waals surface area (Å²) in [6.45, 7) is 0. The summed E-state index contributed by atoms with van der Waals surface area (Å²) in [5.41, 5.74) is 0. The zero-order valence-corrected chi connectivity index (χ0v) is 7.60. The molecule has 1 atom stereocenters. The van der Waals surface area contributed by atoms with E-state index in [0.717, 1.165) is 0 Å². The summed E-state index contributed by atoms with van der Waals surface area (Å²) >= 11 is 11.2. The van der Waals surface area contributed by atoms with Crippen molar-refractivity contribution in [3.8, 4) is 5.75 Å². The highest BCUT2D eigenvalue weighted by Gasteiger charge is 2.04. The van der Waals surface area contributed by atoms with Crippen LogP contribution in [0.4, 0.5) is 0 Å². The van der Waals surface area contributed by atoms with E-state index in [1.807, 2.05) is 0 Å². The first-order chi connectivity index (χ1) is 4.63. The second kappa shape index (κ2) is 2.96. The van der Waals surface area contributed by atoms with Crippen LogP contribution in [0.1, 0.15) is 0 Å². The first kappa shape index (κ1) is 8.13. The maximum absolute atomic E-state index is 9.15. The molecule has 0 aromatic heterocycles. The number of hydrogen-bond acceptors (Lipinski definition) is 1. The zero-order chi connectivity index (χ0) is 7.72. The summed E-state index contributed by atoms with van der Waals surface area (Å²) in [7, 11) is 2.35. The molecule has 0 fully saturated rings. The number of phenolic OH excluding ortho intramolecular Hbond substituents is 1. The molecule has 0 aliphatic rings. The van der Waals surface area contributed by atoms with Crippen molar-refractivity contribution in [3.63, 3.8) is 0 Å². The van der Waals surface area contributed by atoms with Gasteiger partial charge in [0.25, 0.3) is 0 Å². The normalized spacial score (nSPS) is 9.90. The van der Waals surface area contributed by atoms with E-state index in [9.17, 15) is 0 Å². The van der Waals surface area contributed by atoms with Crippen LogP contribution in [0.15, 0.2) is 12.1 Å². The molecule has 1 unspecified atom stereocenters. The lowest BCUT2D eigenvalue weighted by atomic mass is 10.3. The largest absolute Gasteiger partial charge is 0.506 e. The third-order valence-electron chi connectivity index (χ3n) is 1.10. The SMILES string of the molecule is Oc1c(P)ccc(Cl)c1Cl. The van der Waals surface area contributed by atoms with Gasteiger partial charge in [-0.25, -0.2) is 0 Å². The molecular formula is C6H5Cl2OP. The van der Waals surface area contributed by atoms with Gasteiger partial charge in [0, 0.05) is 5.30 Å². The van der Waals surface area contributed by atoms with Gasteiger partial charge in [-0.2, -0.15) is 0 Å². The van der Waals surface area contributed by atoms with E-state index in [1.54, 1.807) is 12.1 Å². The van der Waals surface area contributed by atoms with E-state index in [-0.39, 0.29) is 10.8 Å². The van der Waals surface area contributed by atoms with Crippen LogP contribution in [0, 0.1) is 0 Å². The maximum Gasteiger partial charge on any atom is 0.142 e. The van der Waals surface area contributed by atoms with Gasteiger partial charge in [-0.3, -0.25) is 0 Å². The van der Waals surface area contributed by atoms with Crippen molar-refractivity contribution in [2.75, 3.05) is 0 Å². The second-order valence-corrected chi connectivity index (χ2v) is 3.21. The fraction of sp³-hybridized carbons (Fsp3) is 0. The molecule has 0 spiro atoms. The topological polar surface area (TPSA) is 20.2 Å². The van der Waals surface area contributed by atoms with Crippen molar-refractivity contribution >= 4 is 37.7 Å². The smallest absolute Gasteiger partial charge is 0.142 e. The first-order valence-corrected chi connectivity index (χ1v) is 3.88. The molecule has 54 valence electrons. The molecular weight excluding hydrogens is 190 g/mol. The van der Waals surface area contributed by atoms with Gasteiger partial charge in [-0.05, 0) is 12.1 Å². The predicted molar refractivity (Wildman–Crippen MR) is 47.5 cm³/mol. The Labute approximate surface area is 71.2 Å². The average molecular weight is 195 g/mol. The first-order valence-electron chi connectivity index (χ1n) is 2.55. The van der Waals surface area contributed by atoms with E-state index >= 15 is 0 Å². The molecule has 0 heterocycles. The third kappa shape index (κ3) is 1.37. The highest BCUT2D eigenvalue weighted by molar-refractivity contribution is 7.27. The Morgan fingerprint density at radius 2 is 1.90 bits per heavy atom. The summed E-state index contributed by atoms with van der Waals surface area (Å²) in [5, 5.41) is 10.4. The molecule has 0 saturated heterocycles. The summed E-state index contributed by atoms with van der Waals surface area (Å²) in [5.74, 6) is 0.0270. The zero-order valence-electron chi connectivity index (χ0n) is 4.94. The van der Waals surface area contributed by atoms with Gasteiger partial charge in [-0.15, -0.1) is 9.24 Å². The fourth-order valence-corrected chi connectivity index (χ4v) is 1.21. The minimum atomic E-state index is 0.0270. The maximum atomic E-state index is 9.15. The minimum absolute atomic E-state index is 0.0270. The molecule has 0 radical (unpaired) electrons. The highest BCUT2D eigenvalue weighted by atomic mass is 35.5. The van der Waals surface area contributed by atoms with Crippen LogP contribution in [0.3, 0.4) is 0 Å². The van der Waals surface area contributed by atoms with Gasteiger partial charge in [0.15, 0.2) is 0 Å². The molecule has 0 amide bonds. The van der Waals surface area contributed by atoms with Crippen LogP contribution < -0.4 is 5.30 Å². The van der Waals surface area contributed by atoms with E-state index in [4.69, 9.17) is 28.3 Å². The number of benzene rings is 1. The quantitative estimate of drug-likeness (QED) is 0.629. The van der Waals surface area contributed by atoms with Crippen LogP contribution in [0.25, 0.3) is 0 Å². The monoisotopic (exact) mass is 194 g/mol. The van der Waals surface area contributed by atoms with E-state index < -0.39 is 0 Å². The lowest BCUT2D eigenvalue weighted by Gasteiger charge is -2.00. The van der Waals surface area contributed by atoms with Gasteiger partial charge in [-0.1, -0.05) is 23.2 Å². The Hall–Kier alpha value is 0.0300. The van der Waals surface area contributed by atoms with Crippen molar-refractivity contribution in [3.05, 3.63) is 22.2 Å². The van der Waals surface area contributed by atoms with Crippen molar-refractivity contribution in [2.45, 2.75) is 0 Å². The van der Waals surface area contributed by atoms with Crippen LogP contribution >= 0.6 is 32.4 Å². The van der Waals surface area contributed by atoms with E-state index in [0.29, 0.717) is 10.3 Å². The van der Waals surface area contributed by atoms with Crippen LogP contribution in [0.2, 0.25) is 10.0 Å². The Kier molecular flexibility index (Phi) is 2.40. The Morgan fingerprint density at radius 1 is 1.30 bits per heavy atom. The van der Waals surface area contributed by atoms with Gasteiger partial charge >= 0.3 is 0 Å². The number of aromatic hydroxyl groups is 1. The molecule has 0 aliphatic carbocycles. The molecule has 1 nitrogen and oxygen atoms in total. The summed E-state index contributed by atoms with van der Waals surface area (Å²) in [6, 6.07) is 3.31. The highest BCUT2D eigenvalue weighted by Crippen LogP contribution is 2.29. The molecule has 10 heavy (non-hydrogen) atoms. The molecule has 0 saturated carbocycles. The third-order valence-corrected chi connectivity index (χ3v) is 2.36. The average Bonchev–Trinajstić information content (AvgIpc) is 1.93. The molecule has 1 aromatic rings. The Balaban J connectivity index is 3.34. The molecule has 1 N–H and O–H groups in total. The second-order valence-electron chi connectivity index (χ2n) is 1.80. The summed E-state index contributed by atoms with van der Waals surface area (Å²) < 4.78 is 0. The van der Waals surface area contributed by atoms with E-state index in [1.165, 1.54) is 0 Å². The van der Waals surface area contributed by atoms with Gasteiger partial charge in [0.1, 0.15) is 10.8 Å². The van der Waals surface area contributed by atoms with E-state index in [2.05, 4.69) is 9.24 Å². The standard InChI is InChI=1S/C6H5Cl2OP/c7-3-1-2-4(10)6(9)5(3)8/h1-2,9H,10H2. The minimum Gasteiger partial charge on any atom is -0.506 e. The van der Waals surface area contributed by atoms with Crippen molar-refractivity contribution in [1.29, 1.82) is 0 Å². The number of rotatable bonds is 0. The molecule has 0 aliphatic heterocycles. The van der Waals surface area contributed by atoms with Crippen molar-refractivity contribution in [2.24, 2.45) is 0 Å². The van der Waals surface area contributed by atoms with Crippen LogP contribution in [-0.4, -0.2) is 5.11 Å². The Morgan fingerprint density at radius 3 is 2.40 bits per heavy atom. The molecule has 4 heteroatoms.